The van der Waals surface area contributed by atoms with Gasteiger partial charge in [0.05, 0.1) is 0 Å². The van der Waals surface area contributed by atoms with Crippen LogP contribution in [0.25, 0.3) is 0 Å². The van der Waals surface area contributed by atoms with E-state index in [4.69, 9.17) is 0 Å². The number of rotatable bonds is 6. The Bertz CT molecular complexity index is 218. The van der Waals surface area contributed by atoms with E-state index in [-0.39, 0.29) is 5.91 Å². The number of unbranched alkanes of at least 4 members (excludes halogenated alkanes) is 4. The molecule has 1 rings (SSSR count). The fourth-order valence-electron chi connectivity index (χ4n) is 2.18. The molecule has 1 N–H and O–H groups in total. The average Bonchev–Trinajstić information content (AvgIpc) is 2.47. The van der Waals surface area contributed by atoms with Crippen LogP contribution in [0.15, 0.2) is 0 Å². The molecule has 0 aliphatic carbocycles. The first kappa shape index (κ1) is 12.5. The second-order valence-electron chi connectivity index (χ2n) is 4.60. The minimum atomic E-state index is -0.844. The number of hydrogen-bond donors (Lipinski definition) is 1. The fourth-order valence-corrected chi connectivity index (χ4v) is 2.18. The van der Waals surface area contributed by atoms with Crippen LogP contribution < -0.4 is 0 Å². The molecule has 1 amide bonds. The van der Waals surface area contributed by atoms with Crippen molar-refractivity contribution in [2.45, 2.75) is 64.0 Å². The second kappa shape index (κ2) is 5.50. The Labute approximate surface area is 92.5 Å². The molecule has 1 atom stereocenters. The Balaban J connectivity index is 2.22. The van der Waals surface area contributed by atoms with Crippen molar-refractivity contribution in [1.29, 1.82) is 0 Å². The molecule has 0 bridgehead atoms. The molecule has 1 aliphatic rings. The maximum Gasteiger partial charge on any atom is 0.224 e. The first-order valence-electron chi connectivity index (χ1n) is 6.09. The Hall–Kier alpha value is -0.570. The number of carbonyl (C=O) groups excluding carboxylic acids is 1. The number of hydrogen-bond acceptors (Lipinski definition) is 2. The van der Waals surface area contributed by atoms with E-state index >= 15 is 0 Å². The molecular formula is C12H23NO2. The number of aliphatic hydroxyl groups is 1. The minimum Gasteiger partial charge on any atom is -0.371 e. The molecule has 0 spiro atoms. The van der Waals surface area contributed by atoms with Crippen LogP contribution in [0, 0.1) is 0 Å². The molecule has 1 heterocycles. The second-order valence-corrected chi connectivity index (χ2v) is 4.60. The van der Waals surface area contributed by atoms with Crippen LogP contribution >= 0.6 is 0 Å². The van der Waals surface area contributed by atoms with Gasteiger partial charge >= 0.3 is 0 Å². The van der Waals surface area contributed by atoms with E-state index in [9.17, 15) is 9.90 Å². The number of likely N-dealkylation sites (tertiary alicyclic amines) is 1. The summed E-state index contributed by atoms with van der Waals surface area (Å²) in [6.07, 6.45) is 7.78. The zero-order valence-electron chi connectivity index (χ0n) is 9.96. The molecule has 1 aliphatic heterocycles. The minimum absolute atomic E-state index is 0.0751. The quantitative estimate of drug-likeness (QED) is 0.688. The summed E-state index contributed by atoms with van der Waals surface area (Å²) in [6.45, 7) is 2.19. The molecule has 0 aromatic carbocycles. The van der Waals surface area contributed by atoms with Gasteiger partial charge < -0.3 is 10.0 Å². The van der Waals surface area contributed by atoms with E-state index in [1.54, 1.807) is 7.05 Å². The SMILES string of the molecule is CCCCCCCC1(O)CCC(=O)N1C. The van der Waals surface area contributed by atoms with Crippen molar-refractivity contribution in [2.75, 3.05) is 7.05 Å². The van der Waals surface area contributed by atoms with Gasteiger partial charge in [-0.05, 0) is 12.8 Å². The van der Waals surface area contributed by atoms with E-state index in [1.807, 2.05) is 0 Å². The third kappa shape index (κ3) is 3.20. The van der Waals surface area contributed by atoms with Crippen molar-refractivity contribution in [3.8, 4) is 0 Å². The maximum atomic E-state index is 11.3. The predicted molar refractivity (Wildman–Crippen MR) is 60.3 cm³/mol. The number of amides is 1. The highest BCUT2D eigenvalue weighted by atomic mass is 16.3. The van der Waals surface area contributed by atoms with Crippen LogP contribution in [-0.2, 0) is 4.79 Å². The predicted octanol–water partition coefficient (Wildman–Crippen LogP) is 2.29. The van der Waals surface area contributed by atoms with Gasteiger partial charge in [0, 0.05) is 19.9 Å². The van der Waals surface area contributed by atoms with Crippen LogP contribution in [0.2, 0.25) is 0 Å². The van der Waals surface area contributed by atoms with Crippen molar-refractivity contribution in [1.82, 2.24) is 4.90 Å². The highest BCUT2D eigenvalue weighted by Gasteiger charge is 2.40. The first-order chi connectivity index (χ1) is 7.10. The zero-order chi connectivity index (χ0) is 11.3. The smallest absolute Gasteiger partial charge is 0.224 e. The van der Waals surface area contributed by atoms with Crippen molar-refractivity contribution in [2.24, 2.45) is 0 Å². The van der Waals surface area contributed by atoms with E-state index < -0.39 is 5.72 Å². The van der Waals surface area contributed by atoms with Gasteiger partial charge in [-0.25, -0.2) is 0 Å². The van der Waals surface area contributed by atoms with E-state index in [2.05, 4.69) is 6.92 Å². The summed E-state index contributed by atoms with van der Waals surface area (Å²) < 4.78 is 0. The Morgan fingerprint density at radius 1 is 1.33 bits per heavy atom. The summed E-state index contributed by atoms with van der Waals surface area (Å²) in [5, 5.41) is 10.2. The highest BCUT2D eigenvalue weighted by Crippen LogP contribution is 2.30. The van der Waals surface area contributed by atoms with Crippen LogP contribution in [0.1, 0.15) is 58.3 Å². The van der Waals surface area contributed by atoms with Crippen molar-refractivity contribution >= 4 is 5.91 Å². The summed E-state index contributed by atoms with van der Waals surface area (Å²) in [4.78, 5) is 12.8. The third-order valence-corrected chi connectivity index (χ3v) is 3.42. The molecule has 3 nitrogen and oxygen atoms in total. The maximum absolute atomic E-state index is 11.3. The van der Waals surface area contributed by atoms with E-state index in [0.717, 1.165) is 19.3 Å². The molecule has 0 aromatic rings. The molecule has 1 saturated heterocycles. The molecule has 3 heteroatoms. The molecule has 0 saturated carbocycles. The highest BCUT2D eigenvalue weighted by molar-refractivity contribution is 5.78. The van der Waals surface area contributed by atoms with Gasteiger partial charge in [-0.3, -0.25) is 4.79 Å². The number of nitrogens with zero attached hydrogens (tertiary/aromatic N) is 1. The van der Waals surface area contributed by atoms with Gasteiger partial charge in [0.25, 0.3) is 0 Å². The molecule has 15 heavy (non-hydrogen) atoms. The zero-order valence-corrected chi connectivity index (χ0v) is 9.96. The third-order valence-electron chi connectivity index (χ3n) is 3.42. The molecule has 88 valence electrons. The Morgan fingerprint density at radius 3 is 2.53 bits per heavy atom. The van der Waals surface area contributed by atoms with E-state index in [0.29, 0.717) is 12.8 Å². The Morgan fingerprint density at radius 2 is 2.00 bits per heavy atom. The molecular weight excluding hydrogens is 190 g/mol. The van der Waals surface area contributed by atoms with Crippen molar-refractivity contribution in [3.05, 3.63) is 0 Å². The summed E-state index contributed by atoms with van der Waals surface area (Å²) in [6, 6.07) is 0. The van der Waals surface area contributed by atoms with Gasteiger partial charge in [0.2, 0.25) is 5.91 Å². The summed E-state index contributed by atoms with van der Waals surface area (Å²) in [5.74, 6) is 0.0751. The standard InChI is InChI=1S/C12H23NO2/c1-3-4-5-6-7-9-12(15)10-8-11(14)13(12)2/h15H,3-10H2,1-2H3. The lowest BCUT2D eigenvalue weighted by Gasteiger charge is -2.30. The number of carbonyl (C=O) groups is 1. The fraction of sp³-hybridized carbons (Fsp3) is 0.917. The topological polar surface area (TPSA) is 40.5 Å². The summed E-state index contributed by atoms with van der Waals surface area (Å²) in [7, 11) is 1.71. The molecule has 0 radical (unpaired) electrons. The lowest BCUT2D eigenvalue weighted by molar-refractivity contribution is -0.142. The van der Waals surface area contributed by atoms with Crippen molar-refractivity contribution < 1.29 is 9.90 Å². The Kier molecular flexibility index (Phi) is 4.58. The van der Waals surface area contributed by atoms with Crippen molar-refractivity contribution in [3.63, 3.8) is 0 Å². The largest absolute Gasteiger partial charge is 0.371 e. The van der Waals surface area contributed by atoms with Gasteiger partial charge in [-0.2, -0.15) is 0 Å². The van der Waals surface area contributed by atoms with Gasteiger partial charge in [0.15, 0.2) is 0 Å². The molecule has 0 aromatic heterocycles. The van der Waals surface area contributed by atoms with E-state index in [1.165, 1.54) is 24.2 Å². The van der Waals surface area contributed by atoms with Crippen LogP contribution in [0.5, 0.6) is 0 Å². The monoisotopic (exact) mass is 213 g/mol. The van der Waals surface area contributed by atoms with Gasteiger partial charge in [-0.1, -0.05) is 32.6 Å². The van der Waals surface area contributed by atoms with Crippen LogP contribution in [0.4, 0.5) is 0 Å². The average molecular weight is 213 g/mol. The van der Waals surface area contributed by atoms with Gasteiger partial charge in [0.1, 0.15) is 5.72 Å². The normalized spacial score (nSPS) is 26.3. The summed E-state index contributed by atoms with van der Waals surface area (Å²) in [5.41, 5.74) is -0.844. The van der Waals surface area contributed by atoms with Crippen LogP contribution in [-0.4, -0.2) is 28.7 Å². The van der Waals surface area contributed by atoms with Gasteiger partial charge in [-0.15, -0.1) is 0 Å². The lowest BCUT2D eigenvalue weighted by atomic mass is 10.0. The molecule has 1 fully saturated rings. The lowest BCUT2D eigenvalue weighted by Crippen LogP contribution is -2.42. The first-order valence-corrected chi connectivity index (χ1v) is 6.09. The summed E-state index contributed by atoms with van der Waals surface area (Å²) >= 11 is 0. The van der Waals surface area contributed by atoms with Crippen LogP contribution in [0.3, 0.4) is 0 Å². The molecule has 1 unspecified atom stereocenters.